The summed E-state index contributed by atoms with van der Waals surface area (Å²) in [5.74, 6) is 0.315. The van der Waals surface area contributed by atoms with Crippen LogP contribution in [-0.4, -0.2) is 14.2 Å². The molecule has 0 aromatic heterocycles. The number of hydrogen-bond acceptors (Lipinski definition) is 2. The Morgan fingerprint density at radius 1 is 1.20 bits per heavy atom. The van der Waals surface area contributed by atoms with Crippen molar-refractivity contribution in [3.05, 3.63) is 62.8 Å². The molecule has 0 aliphatic carbocycles. The van der Waals surface area contributed by atoms with Gasteiger partial charge in [-0.05, 0) is 48.5 Å². The lowest BCUT2D eigenvalue weighted by Crippen LogP contribution is -2.18. The highest BCUT2D eigenvalue weighted by Crippen LogP contribution is 2.31. The number of nitrogens with one attached hydrogen (secondary N) is 1. The van der Waals surface area contributed by atoms with Crippen molar-refractivity contribution < 1.29 is 9.13 Å². The molecular formula is C15H14BrClFNO. The molecule has 0 saturated heterocycles. The van der Waals surface area contributed by atoms with Crippen molar-refractivity contribution in [1.29, 1.82) is 0 Å². The van der Waals surface area contributed by atoms with Crippen molar-refractivity contribution in [1.82, 2.24) is 5.32 Å². The highest BCUT2D eigenvalue weighted by atomic mass is 79.9. The average molecular weight is 359 g/mol. The van der Waals surface area contributed by atoms with E-state index in [0.29, 0.717) is 15.2 Å². The fourth-order valence-corrected chi connectivity index (χ4v) is 2.80. The minimum Gasteiger partial charge on any atom is -0.495 e. The molecule has 106 valence electrons. The van der Waals surface area contributed by atoms with Crippen molar-refractivity contribution >= 4 is 27.5 Å². The third-order valence-electron chi connectivity index (χ3n) is 3.02. The molecule has 0 bridgehead atoms. The molecule has 0 saturated carbocycles. The van der Waals surface area contributed by atoms with Gasteiger partial charge in [-0.3, -0.25) is 0 Å². The maximum absolute atomic E-state index is 13.5. The van der Waals surface area contributed by atoms with Crippen LogP contribution >= 0.6 is 27.5 Å². The zero-order valence-corrected chi connectivity index (χ0v) is 13.4. The Labute approximate surface area is 131 Å². The standard InChI is InChI=1S/C15H14BrClFNO/c1-19-15(10-5-11(16)8-12(18)6-10)9-3-4-13(17)14(7-9)20-2/h3-8,15,19H,1-2H3. The third kappa shape index (κ3) is 3.32. The molecular weight excluding hydrogens is 345 g/mol. The van der Waals surface area contributed by atoms with Crippen LogP contribution in [-0.2, 0) is 0 Å². The molecule has 0 amide bonds. The summed E-state index contributed by atoms with van der Waals surface area (Å²) in [6, 6.07) is 10.2. The molecule has 2 aromatic carbocycles. The van der Waals surface area contributed by atoms with Crippen molar-refractivity contribution in [3.8, 4) is 5.75 Å². The van der Waals surface area contributed by atoms with Crippen molar-refractivity contribution in [2.45, 2.75) is 6.04 Å². The Morgan fingerprint density at radius 2 is 1.95 bits per heavy atom. The molecule has 2 nitrogen and oxygen atoms in total. The van der Waals surface area contributed by atoms with Gasteiger partial charge in [0.05, 0.1) is 18.2 Å². The second-order valence-corrected chi connectivity index (χ2v) is 5.64. The van der Waals surface area contributed by atoms with E-state index in [1.807, 2.05) is 25.2 Å². The number of rotatable bonds is 4. The second-order valence-electron chi connectivity index (χ2n) is 4.32. The minimum atomic E-state index is -0.282. The van der Waals surface area contributed by atoms with E-state index in [0.717, 1.165) is 11.1 Å². The summed E-state index contributed by atoms with van der Waals surface area (Å²) in [7, 11) is 3.39. The summed E-state index contributed by atoms with van der Waals surface area (Å²) in [6.07, 6.45) is 0. The van der Waals surface area contributed by atoms with Crippen LogP contribution in [0, 0.1) is 5.82 Å². The Morgan fingerprint density at radius 3 is 2.55 bits per heavy atom. The first-order chi connectivity index (χ1) is 9.55. The summed E-state index contributed by atoms with van der Waals surface area (Å²) >= 11 is 9.34. The lowest BCUT2D eigenvalue weighted by Gasteiger charge is -2.19. The maximum Gasteiger partial charge on any atom is 0.137 e. The Bertz CT molecular complexity index is 601. The zero-order valence-electron chi connectivity index (χ0n) is 11.1. The van der Waals surface area contributed by atoms with E-state index in [1.54, 1.807) is 13.2 Å². The van der Waals surface area contributed by atoms with E-state index in [1.165, 1.54) is 12.1 Å². The topological polar surface area (TPSA) is 21.3 Å². The van der Waals surface area contributed by atoms with Gasteiger partial charge < -0.3 is 10.1 Å². The first-order valence-electron chi connectivity index (χ1n) is 6.02. The van der Waals surface area contributed by atoms with Crippen LogP contribution in [0.2, 0.25) is 5.02 Å². The molecule has 1 atom stereocenters. The number of benzene rings is 2. The molecule has 2 aromatic rings. The maximum atomic E-state index is 13.5. The number of methoxy groups -OCH3 is 1. The van der Waals surface area contributed by atoms with Gasteiger partial charge >= 0.3 is 0 Å². The summed E-state index contributed by atoms with van der Waals surface area (Å²) in [6.45, 7) is 0. The molecule has 5 heteroatoms. The van der Waals surface area contributed by atoms with E-state index in [2.05, 4.69) is 21.2 Å². The molecule has 2 rings (SSSR count). The van der Waals surface area contributed by atoms with Crippen LogP contribution in [0.4, 0.5) is 4.39 Å². The molecule has 0 aliphatic heterocycles. The fraction of sp³-hybridized carbons (Fsp3) is 0.200. The van der Waals surface area contributed by atoms with Gasteiger partial charge in [0.25, 0.3) is 0 Å². The molecule has 1 N–H and O–H groups in total. The third-order valence-corrected chi connectivity index (χ3v) is 3.79. The monoisotopic (exact) mass is 357 g/mol. The summed E-state index contributed by atoms with van der Waals surface area (Å²) in [5.41, 5.74) is 1.77. The molecule has 20 heavy (non-hydrogen) atoms. The Balaban J connectivity index is 2.46. The van der Waals surface area contributed by atoms with Crippen LogP contribution in [0.25, 0.3) is 0 Å². The van der Waals surface area contributed by atoms with Gasteiger partial charge in [-0.15, -0.1) is 0 Å². The van der Waals surface area contributed by atoms with Gasteiger partial charge in [0.2, 0.25) is 0 Å². The van der Waals surface area contributed by atoms with E-state index in [9.17, 15) is 4.39 Å². The van der Waals surface area contributed by atoms with Crippen molar-refractivity contribution in [2.75, 3.05) is 14.2 Å². The zero-order chi connectivity index (χ0) is 14.7. The van der Waals surface area contributed by atoms with E-state index in [4.69, 9.17) is 16.3 Å². The van der Waals surface area contributed by atoms with Crippen LogP contribution in [0.3, 0.4) is 0 Å². The lowest BCUT2D eigenvalue weighted by molar-refractivity contribution is 0.414. The number of halogens is 3. The molecule has 0 heterocycles. The van der Waals surface area contributed by atoms with E-state index < -0.39 is 0 Å². The fourth-order valence-electron chi connectivity index (χ4n) is 2.12. The smallest absolute Gasteiger partial charge is 0.137 e. The summed E-state index contributed by atoms with van der Waals surface area (Å²) in [5, 5.41) is 3.72. The minimum absolute atomic E-state index is 0.145. The normalized spacial score (nSPS) is 12.2. The highest BCUT2D eigenvalue weighted by molar-refractivity contribution is 9.10. The molecule has 0 radical (unpaired) electrons. The second kappa shape index (κ2) is 6.57. The van der Waals surface area contributed by atoms with Crippen LogP contribution in [0.5, 0.6) is 5.75 Å². The molecule has 1 unspecified atom stereocenters. The summed E-state index contributed by atoms with van der Waals surface area (Å²) in [4.78, 5) is 0. The Kier molecular flexibility index (Phi) is 5.02. The van der Waals surface area contributed by atoms with Crippen LogP contribution in [0.1, 0.15) is 17.2 Å². The predicted molar refractivity (Wildman–Crippen MR) is 83.0 cm³/mol. The van der Waals surface area contributed by atoms with Gasteiger partial charge in [-0.1, -0.05) is 33.6 Å². The molecule has 0 aliphatic rings. The lowest BCUT2D eigenvalue weighted by atomic mass is 9.98. The van der Waals surface area contributed by atoms with Crippen LogP contribution < -0.4 is 10.1 Å². The van der Waals surface area contributed by atoms with Gasteiger partial charge in [-0.2, -0.15) is 0 Å². The van der Waals surface area contributed by atoms with Crippen LogP contribution in [0.15, 0.2) is 40.9 Å². The van der Waals surface area contributed by atoms with E-state index >= 15 is 0 Å². The number of ether oxygens (including phenoxy) is 1. The summed E-state index contributed by atoms with van der Waals surface area (Å²) < 4.78 is 19.5. The van der Waals surface area contributed by atoms with Gasteiger partial charge in [0.1, 0.15) is 11.6 Å². The van der Waals surface area contributed by atoms with Gasteiger partial charge in [0, 0.05) is 4.47 Å². The largest absolute Gasteiger partial charge is 0.495 e. The first kappa shape index (κ1) is 15.3. The molecule has 0 fully saturated rings. The van der Waals surface area contributed by atoms with E-state index in [-0.39, 0.29) is 11.9 Å². The van der Waals surface area contributed by atoms with Gasteiger partial charge in [-0.25, -0.2) is 4.39 Å². The van der Waals surface area contributed by atoms with Gasteiger partial charge in [0.15, 0.2) is 0 Å². The quantitative estimate of drug-likeness (QED) is 0.865. The van der Waals surface area contributed by atoms with Crippen molar-refractivity contribution in [3.63, 3.8) is 0 Å². The number of hydrogen-bond donors (Lipinski definition) is 1. The first-order valence-corrected chi connectivity index (χ1v) is 7.19. The molecule has 0 spiro atoms. The average Bonchev–Trinajstić information content (AvgIpc) is 2.40. The predicted octanol–water partition coefficient (Wildman–Crippen LogP) is 4.56. The van der Waals surface area contributed by atoms with Crippen molar-refractivity contribution in [2.24, 2.45) is 0 Å². The Hall–Kier alpha value is -1.10. The SMILES string of the molecule is CNC(c1cc(F)cc(Br)c1)c1ccc(Cl)c(OC)c1. The highest BCUT2D eigenvalue weighted by Gasteiger charge is 2.15.